The van der Waals surface area contributed by atoms with Crippen LogP contribution in [-0.2, 0) is 0 Å². The molecule has 2 heteroatoms. The van der Waals surface area contributed by atoms with Gasteiger partial charge in [-0.3, -0.25) is 0 Å². The molecule has 0 aliphatic carbocycles. The van der Waals surface area contributed by atoms with Gasteiger partial charge >= 0.3 is 0 Å². The van der Waals surface area contributed by atoms with Gasteiger partial charge in [-0.15, -0.1) is 0 Å². The normalized spacial score (nSPS) is 8.73. The fourth-order valence-corrected chi connectivity index (χ4v) is 0.756. The number of halogens is 1. The van der Waals surface area contributed by atoms with Crippen molar-refractivity contribution in [2.45, 2.75) is 0 Å². The predicted octanol–water partition coefficient (Wildman–Crippen LogP) is 2.03. The highest BCUT2D eigenvalue weighted by Crippen LogP contribution is 2.07. The summed E-state index contributed by atoms with van der Waals surface area (Å²) in [5, 5.41) is 8.42. The van der Waals surface area contributed by atoms with E-state index in [0.717, 1.165) is 0 Å². The Morgan fingerprint density at radius 2 is 1.91 bits per heavy atom. The van der Waals surface area contributed by atoms with Crippen molar-refractivity contribution in [2.24, 2.45) is 0 Å². The molecule has 0 N–H and O–H groups in total. The van der Waals surface area contributed by atoms with Gasteiger partial charge in [0.2, 0.25) is 0 Å². The maximum atomic E-state index is 12.6. The Kier molecular flexibility index (Phi) is 2.03. The summed E-state index contributed by atoms with van der Waals surface area (Å²) < 4.78 is 12.6. The zero-order valence-electron chi connectivity index (χ0n) is 5.76. The van der Waals surface area contributed by atoms with Crippen molar-refractivity contribution in [3.63, 3.8) is 0 Å². The van der Waals surface area contributed by atoms with E-state index in [1.807, 2.05) is 6.07 Å². The van der Waals surface area contributed by atoms with Crippen LogP contribution in [0.2, 0.25) is 0 Å². The minimum Gasteiger partial charge on any atom is -0.207 e. The van der Waals surface area contributed by atoms with Crippen LogP contribution in [0, 0.1) is 23.2 Å². The number of hydrogen-bond acceptors (Lipinski definition) is 1. The van der Waals surface area contributed by atoms with E-state index in [4.69, 9.17) is 5.26 Å². The fraction of sp³-hybridized carbons (Fsp3) is 0. The molecule has 0 atom stereocenters. The zero-order valence-corrected chi connectivity index (χ0v) is 5.76. The van der Waals surface area contributed by atoms with Gasteiger partial charge < -0.3 is 0 Å². The Morgan fingerprint density at radius 3 is 2.45 bits per heavy atom. The van der Waals surface area contributed by atoms with Crippen LogP contribution >= 0.6 is 0 Å². The molecule has 1 aromatic carbocycles. The first-order valence-corrected chi connectivity index (χ1v) is 3.00. The first kappa shape index (κ1) is 7.49. The molecule has 53 valence electrons. The van der Waals surface area contributed by atoms with Gasteiger partial charge in [-0.1, -0.05) is 6.58 Å². The van der Waals surface area contributed by atoms with Crippen LogP contribution in [0.25, 0.3) is 0 Å². The second-order valence-electron chi connectivity index (χ2n) is 2.02. The standard InChI is InChI=1S/C9H5FN/c1-2-7-3-8(6-11)5-9(10)4-7/h3-5H,1H2. The molecule has 0 aliphatic rings. The molecule has 0 unspecified atom stereocenters. The second-order valence-corrected chi connectivity index (χ2v) is 2.02. The van der Waals surface area contributed by atoms with E-state index < -0.39 is 5.82 Å². The van der Waals surface area contributed by atoms with Gasteiger partial charge in [-0.25, -0.2) is 4.39 Å². The zero-order chi connectivity index (χ0) is 8.27. The van der Waals surface area contributed by atoms with Crippen LogP contribution in [0.15, 0.2) is 24.8 Å². The van der Waals surface area contributed by atoms with Crippen molar-refractivity contribution in [2.75, 3.05) is 0 Å². The largest absolute Gasteiger partial charge is 0.207 e. The predicted molar refractivity (Wildman–Crippen MR) is 39.1 cm³/mol. The monoisotopic (exact) mass is 146 g/mol. The van der Waals surface area contributed by atoms with E-state index in [0.29, 0.717) is 5.56 Å². The maximum Gasteiger partial charge on any atom is 0.125 e. The third kappa shape index (κ3) is 1.65. The molecule has 0 saturated heterocycles. The molecule has 0 amide bonds. The Bertz CT molecular complexity index is 323. The number of nitriles is 1. The summed E-state index contributed by atoms with van der Waals surface area (Å²) in [6.07, 6.45) is 2.50. The lowest BCUT2D eigenvalue weighted by Crippen LogP contribution is -1.81. The molecule has 0 aliphatic heterocycles. The summed E-state index contributed by atoms with van der Waals surface area (Å²) >= 11 is 0. The van der Waals surface area contributed by atoms with E-state index in [1.165, 1.54) is 18.2 Å². The summed E-state index contributed by atoms with van der Waals surface area (Å²) in [6, 6.07) is 5.80. The van der Waals surface area contributed by atoms with E-state index >= 15 is 0 Å². The van der Waals surface area contributed by atoms with E-state index in [1.54, 1.807) is 0 Å². The van der Waals surface area contributed by atoms with Crippen molar-refractivity contribution in [3.05, 3.63) is 47.8 Å². The summed E-state index contributed by atoms with van der Waals surface area (Å²) in [7, 11) is 0. The van der Waals surface area contributed by atoms with E-state index in [-0.39, 0.29) is 5.56 Å². The quantitative estimate of drug-likeness (QED) is 0.594. The van der Waals surface area contributed by atoms with Gasteiger partial charge in [0, 0.05) is 0 Å². The molecule has 0 bridgehead atoms. The lowest BCUT2D eigenvalue weighted by atomic mass is 10.1. The number of benzene rings is 1. The van der Waals surface area contributed by atoms with Gasteiger partial charge in [0.1, 0.15) is 5.82 Å². The van der Waals surface area contributed by atoms with Crippen molar-refractivity contribution in [1.29, 1.82) is 5.26 Å². The summed E-state index contributed by atoms with van der Waals surface area (Å²) in [4.78, 5) is 0. The third-order valence-corrected chi connectivity index (χ3v) is 1.23. The molecule has 0 spiro atoms. The van der Waals surface area contributed by atoms with Gasteiger partial charge in [0.15, 0.2) is 0 Å². The maximum absolute atomic E-state index is 12.6. The first-order valence-electron chi connectivity index (χ1n) is 3.00. The third-order valence-electron chi connectivity index (χ3n) is 1.23. The Labute approximate surface area is 64.4 Å². The Balaban J connectivity index is 3.25. The van der Waals surface area contributed by atoms with Gasteiger partial charge in [0.05, 0.1) is 11.6 Å². The molecule has 0 fully saturated rings. The highest BCUT2D eigenvalue weighted by Gasteiger charge is 1.96. The molecular weight excluding hydrogens is 141 g/mol. The van der Waals surface area contributed by atoms with Crippen LogP contribution in [0.5, 0.6) is 0 Å². The van der Waals surface area contributed by atoms with Gasteiger partial charge in [-0.05, 0) is 29.8 Å². The molecule has 0 aromatic heterocycles. The topological polar surface area (TPSA) is 23.8 Å². The molecule has 1 nitrogen and oxygen atoms in total. The van der Waals surface area contributed by atoms with Crippen LogP contribution in [0.4, 0.5) is 4.39 Å². The lowest BCUT2D eigenvalue weighted by Gasteiger charge is -1.93. The van der Waals surface area contributed by atoms with Gasteiger partial charge in [-0.2, -0.15) is 5.26 Å². The molecule has 0 heterocycles. The van der Waals surface area contributed by atoms with Crippen molar-refractivity contribution >= 4 is 0 Å². The molecule has 1 aromatic rings. The van der Waals surface area contributed by atoms with E-state index in [9.17, 15) is 4.39 Å². The van der Waals surface area contributed by atoms with Crippen LogP contribution in [0.3, 0.4) is 0 Å². The SMILES string of the molecule is C=[C]c1cc(F)cc(C#N)c1. The smallest absolute Gasteiger partial charge is 0.125 e. The number of nitrogens with zero attached hydrogens (tertiary/aromatic N) is 1. The molecule has 11 heavy (non-hydrogen) atoms. The average Bonchev–Trinajstić information content (AvgIpc) is 2.03. The van der Waals surface area contributed by atoms with Crippen molar-refractivity contribution < 1.29 is 4.39 Å². The number of rotatable bonds is 1. The molecular formula is C9H5FN. The first-order chi connectivity index (χ1) is 5.26. The lowest BCUT2D eigenvalue weighted by molar-refractivity contribution is 0.626. The fourth-order valence-electron chi connectivity index (χ4n) is 0.756. The van der Waals surface area contributed by atoms with Crippen LogP contribution in [-0.4, -0.2) is 0 Å². The van der Waals surface area contributed by atoms with Crippen molar-refractivity contribution in [3.8, 4) is 6.07 Å². The highest BCUT2D eigenvalue weighted by molar-refractivity contribution is 5.35. The number of hydrogen-bond donors (Lipinski definition) is 0. The van der Waals surface area contributed by atoms with E-state index in [2.05, 4.69) is 12.7 Å². The van der Waals surface area contributed by atoms with Crippen LogP contribution in [0.1, 0.15) is 11.1 Å². The minimum absolute atomic E-state index is 0.288. The molecule has 1 radical (unpaired) electrons. The highest BCUT2D eigenvalue weighted by atomic mass is 19.1. The van der Waals surface area contributed by atoms with Crippen molar-refractivity contribution in [1.82, 2.24) is 0 Å². The summed E-state index contributed by atoms with van der Waals surface area (Å²) in [5.41, 5.74) is 0.790. The Morgan fingerprint density at radius 1 is 1.27 bits per heavy atom. The summed E-state index contributed by atoms with van der Waals surface area (Å²) in [5.74, 6) is -0.435. The van der Waals surface area contributed by atoms with Gasteiger partial charge in [0.25, 0.3) is 0 Å². The molecule has 0 saturated carbocycles. The van der Waals surface area contributed by atoms with Crippen LogP contribution < -0.4 is 0 Å². The average molecular weight is 146 g/mol. The molecule has 1 rings (SSSR count). The second kappa shape index (κ2) is 2.98. The summed E-state index contributed by atoms with van der Waals surface area (Å²) in [6.45, 7) is 3.35. The Hall–Kier alpha value is -1.62. The minimum atomic E-state index is -0.435.